The monoisotopic (exact) mass is 294 g/mol. The Balaban J connectivity index is 1.87. The van der Waals surface area contributed by atoms with Crippen LogP contribution in [0.4, 0.5) is 14.5 Å². The van der Waals surface area contributed by atoms with Crippen LogP contribution < -0.4 is 5.73 Å². The average molecular weight is 294 g/mol. The maximum absolute atomic E-state index is 14.1. The van der Waals surface area contributed by atoms with Crippen LogP contribution in [-0.2, 0) is 0 Å². The summed E-state index contributed by atoms with van der Waals surface area (Å²) in [5.41, 5.74) is 4.88. The van der Waals surface area contributed by atoms with Gasteiger partial charge in [0.05, 0.1) is 11.3 Å². The van der Waals surface area contributed by atoms with Crippen LogP contribution in [0.2, 0.25) is 0 Å². The number of nitrogen functional groups attached to an aromatic ring is 1. The quantitative estimate of drug-likeness (QED) is 0.850. The Labute approximate surface area is 123 Å². The number of benzene rings is 1. The molecule has 3 rings (SSSR count). The molecule has 5 heteroatoms. The standard InChI is InChI=1S/C16H20F2N2O/c17-11-8-12(15(18)13(19)9-11)16(21)20-7-3-6-14(20)10-4-1-2-5-10/h8-10,14H,1-7,19H2. The summed E-state index contributed by atoms with van der Waals surface area (Å²) < 4.78 is 27.5. The summed E-state index contributed by atoms with van der Waals surface area (Å²) in [6.45, 7) is 0.621. The third-order valence-corrected chi connectivity index (χ3v) is 4.80. The highest BCUT2D eigenvalue weighted by atomic mass is 19.1. The Morgan fingerprint density at radius 3 is 2.57 bits per heavy atom. The summed E-state index contributed by atoms with van der Waals surface area (Å²) in [4.78, 5) is 14.3. The first-order valence-electron chi connectivity index (χ1n) is 7.63. The Morgan fingerprint density at radius 1 is 1.14 bits per heavy atom. The minimum Gasteiger partial charge on any atom is -0.396 e. The minimum absolute atomic E-state index is 0.170. The predicted octanol–water partition coefficient (Wildman–Crippen LogP) is 3.34. The Kier molecular flexibility index (Phi) is 3.83. The molecule has 1 saturated heterocycles. The molecule has 2 N–H and O–H groups in total. The maximum atomic E-state index is 14.1. The largest absolute Gasteiger partial charge is 0.396 e. The van der Waals surface area contributed by atoms with Crippen molar-refractivity contribution < 1.29 is 13.6 Å². The van der Waals surface area contributed by atoms with Gasteiger partial charge in [-0.25, -0.2) is 8.78 Å². The molecule has 0 bridgehead atoms. The summed E-state index contributed by atoms with van der Waals surface area (Å²) in [5, 5.41) is 0. The lowest BCUT2D eigenvalue weighted by molar-refractivity contribution is 0.0684. The van der Waals surface area contributed by atoms with Gasteiger partial charge in [-0.3, -0.25) is 4.79 Å². The van der Waals surface area contributed by atoms with Crippen LogP contribution >= 0.6 is 0 Å². The van der Waals surface area contributed by atoms with E-state index in [0.29, 0.717) is 12.5 Å². The third-order valence-electron chi connectivity index (χ3n) is 4.80. The maximum Gasteiger partial charge on any atom is 0.257 e. The number of nitrogens with two attached hydrogens (primary N) is 1. The van der Waals surface area contributed by atoms with Crippen LogP contribution in [0.15, 0.2) is 12.1 Å². The fourth-order valence-electron chi connectivity index (χ4n) is 3.80. The number of rotatable bonds is 2. The van der Waals surface area contributed by atoms with Crippen LogP contribution in [0.25, 0.3) is 0 Å². The Hall–Kier alpha value is -1.65. The van der Waals surface area contributed by atoms with Crippen LogP contribution in [0.5, 0.6) is 0 Å². The van der Waals surface area contributed by atoms with Crippen molar-refractivity contribution in [2.24, 2.45) is 5.92 Å². The second-order valence-electron chi connectivity index (χ2n) is 6.11. The molecule has 1 saturated carbocycles. The van der Waals surface area contributed by atoms with E-state index in [4.69, 9.17) is 5.73 Å². The van der Waals surface area contributed by atoms with E-state index in [-0.39, 0.29) is 17.3 Å². The van der Waals surface area contributed by atoms with E-state index < -0.39 is 17.5 Å². The first-order chi connectivity index (χ1) is 10.1. The molecule has 0 spiro atoms. The van der Waals surface area contributed by atoms with Crippen molar-refractivity contribution in [1.82, 2.24) is 4.90 Å². The predicted molar refractivity (Wildman–Crippen MR) is 76.8 cm³/mol. The van der Waals surface area contributed by atoms with E-state index >= 15 is 0 Å². The van der Waals surface area contributed by atoms with Gasteiger partial charge in [0.1, 0.15) is 5.82 Å². The topological polar surface area (TPSA) is 46.3 Å². The van der Waals surface area contributed by atoms with E-state index in [1.165, 1.54) is 12.8 Å². The van der Waals surface area contributed by atoms with Gasteiger partial charge < -0.3 is 10.6 Å². The molecule has 1 aromatic carbocycles. The van der Waals surface area contributed by atoms with Gasteiger partial charge in [0, 0.05) is 12.6 Å². The summed E-state index contributed by atoms with van der Waals surface area (Å²) in [6, 6.07) is 2.03. The van der Waals surface area contributed by atoms with Gasteiger partial charge in [-0.15, -0.1) is 0 Å². The molecule has 1 aliphatic carbocycles. The molecule has 21 heavy (non-hydrogen) atoms. The number of halogens is 2. The second kappa shape index (κ2) is 5.62. The highest BCUT2D eigenvalue weighted by Crippen LogP contribution is 2.36. The van der Waals surface area contributed by atoms with Crippen LogP contribution in [0, 0.1) is 17.6 Å². The molecule has 2 fully saturated rings. The number of nitrogens with zero attached hydrogens (tertiary/aromatic N) is 1. The molecule has 1 amide bonds. The fourth-order valence-corrected chi connectivity index (χ4v) is 3.80. The number of amides is 1. The summed E-state index contributed by atoms with van der Waals surface area (Å²) in [7, 11) is 0. The van der Waals surface area contributed by atoms with Crippen LogP contribution in [0.1, 0.15) is 48.9 Å². The van der Waals surface area contributed by atoms with Gasteiger partial charge in [-0.2, -0.15) is 0 Å². The van der Waals surface area contributed by atoms with Crippen molar-refractivity contribution in [1.29, 1.82) is 0 Å². The molecule has 2 aliphatic rings. The van der Waals surface area contributed by atoms with Crippen molar-refractivity contribution in [2.75, 3.05) is 12.3 Å². The summed E-state index contributed by atoms with van der Waals surface area (Å²) >= 11 is 0. The normalized spacial score (nSPS) is 23.0. The number of hydrogen-bond donors (Lipinski definition) is 1. The fraction of sp³-hybridized carbons (Fsp3) is 0.562. The van der Waals surface area contributed by atoms with E-state index in [1.807, 2.05) is 0 Å². The molecular weight excluding hydrogens is 274 g/mol. The summed E-state index contributed by atoms with van der Waals surface area (Å²) in [6.07, 6.45) is 6.54. The van der Waals surface area contributed by atoms with Crippen molar-refractivity contribution in [3.63, 3.8) is 0 Å². The first kappa shape index (κ1) is 14.3. The molecule has 1 unspecified atom stereocenters. The first-order valence-corrected chi connectivity index (χ1v) is 7.63. The minimum atomic E-state index is -0.807. The van der Waals surface area contributed by atoms with Crippen molar-refractivity contribution in [3.05, 3.63) is 29.3 Å². The smallest absolute Gasteiger partial charge is 0.257 e. The second-order valence-corrected chi connectivity index (χ2v) is 6.11. The summed E-state index contributed by atoms with van der Waals surface area (Å²) in [5.74, 6) is -1.40. The van der Waals surface area contributed by atoms with Crippen LogP contribution in [0.3, 0.4) is 0 Å². The molecular formula is C16H20F2N2O. The molecule has 114 valence electrons. The number of hydrogen-bond acceptors (Lipinski definition) is 2. The number of carbonyl (C=O) groups excluding carboxylic acids is 1. The molecule has 1 aliphatic heterocycles. The number of likely N-dealkylation sites (tertiary alicyclic amines) is 1. The van der Waals surface area contributed by atoms with Gasteiger partial charge in [0.15, 0.2) is 5.82 Å². The number of carbonyl (C=O) groups is 1. The van der Waals surface area contributed by atoms with E-state index in [2.05, 4.69) is 0 Å². The van der Waals surface area contributed by atoms with Crippen molar-refractivity contribution in [2.45, 2.75) is 44.6 Å². The lowest BCUT2D eigenvalue weighted by Gasteiger charge is -2.29. The molecule has 3 nitrogen and oxygen atoms in total. The third kappa shape index (κ3) is 2.61. The van der Waals surface area contributed by atoms with Gasteiger partial charge >= 0.3 is 0 Å². The van der Waals surface area contributed by atoms with E-state index in [1.54, 1.807) is 4.90 Å². The van der Waals surface area contributed by atoms with Crippen LogP contribution in [-0.4, -0.2) is 23.4 Å². The van der Waals surface area contributed by atoms with Gasteiger partial charge in [-0.05, 0) is 43.7 Å². The highest BCUT2D eigenvalue weighted by molar-refractivity contribution is 5.95. The lowest BCUT2D eigenvalue weighted by atomic mass is 9.95. The van der Waals surface area contributed by atoms with Gasteiger partial charge in [0.2, 0.25) is 0 Å². The van der Waals surface area contributed by atoms with Gasteiger partial charge in [-0.1, -0.05) is 12.8 Å². The molecule has 1 heterocycles. The molecule has 0 aromatic heterocycles. The van der Waals surface area contributed by atoms with Crippen molar-refractivity contribution in [3.8, 4) is 0 Å². The number of anilines is 1. The SMILES string of the molecule is Nc1cc(F)cc(C(=O)N2CCCC2C2CCCC2)c1F. The average Bonchev–Trinajstić information content (AvgIpc) is 3.11. The molecule has 1 aromatic rings. The van der Waals surface area contributed by atoms with E-state index in [0.717, 1.165) is 37.8 Å². The lowest BCUT2D eigenvalue weighted by Crippen LogP contribution is -2.39. The van der Waals surface area contributed by atoms with E-state index in [9.17, 15) is 13.6 Å². The Bertz CT molecular complexity index is 555. The zero-order chi connectivity index (χ0) is 15.0. The molecule has 0 radical (unpaired) electrons. The molecule has 1 atom stereocenters. The Morgan fingerprint density at radius 2 is 1.86 bits per heavy atom. The van der Waals surface area contributed by atoms with Gasteiger partial charge in [0.25, 0.3) is 5.91 Å². The van der Waals surface area contributed by atoms with Crippen molar-refractivity contribution >= 4 is 11.6 Å². The highest BCUT2D eigenvalue weighted by Gasteiger charge is 2.37. The zero-order valence-electron chi connectivity index (χ0n) is 11.9. The zero-order valence-corrected chi connectivity index (χ0v) is 11.9.